The molecule has 3 nitrogen and oxygen atoms in total. The number of rotatable bonds is 1. The number of aromatic hydroxyl groups is 2. The average Bonchev–Trinajstić information content (AvgIpc) is 2.57. The number of H-pyrrole nitrogens is 1. The van der Waals surface area contributed by atoms with Gasteiger partial charge in [-0.1, -0.05) is 6.07 Å². The van der Waals surface area contributed by atoms with E-state index in [4.69, 9.17) is 0 Å². The third kappa shape index (κ3) is 1.24. The zero-order valence-electron chi connectivity index (χ0n) is 6.86. The predicted octanol–water partition coefficient (Wildman–Crippen LogP) is 2.09. The Hall–Kier alpha value is -1.90. The van der Waals surface area contributed by atoms with Crippen molar-refractivity contribution in [2.24, 2.45) is 0 Å². The standard InChI is InChI=1S/C10H9NO2/c12-8-4-1-5-9(13)10(8)7-3-2-6-11-7/h1-6,11-13H. The van der Waals surface area contributed by atoms with Crippen molar-refractivity contribution in [1.82, 2.24) is 4.98 Å². The van der Waals surface area contributed by atoms with Crippen LogP contribution >= 0.6 is 0 Å². The summed E-state index contributed by atoms with van der Waals surface area (Å²) in [6.45, 7) is 0. The van der Waals surface area contributed by atoms with Crippen LogP contribution in [0.1, 0.15) is 0 Å². The van der Waals surface area contributed by atoms with E-state index in [1.54, 1.807) is 24.4 Å². The number of benzene rings is 1. The van der Waals surface area contributed by atoms with Gasteiger partial charge in [0.15, 0.2) is 0 Å². The number of aromatic nitrogens is 1. The first-order valence-corrected chi connectivity index (χ1v) is 3.94. The number of nitrogens with one attached hydrogen (secondary N) is 1. The summed E-state index contributed by atoms with van der Waals surface area (Å²) in [5.41, 5.74) is 1.14. The minimum atomic E-state index is 0.0717. The quantitative estimate of drug-likeness (QED) is 0.621. The Morgan fingerprint density at radius 3 is 2.15 bits per heavy atom. The monoisotopic (exact) mass is 175 g/mol. The Balaban J connectivity index is 2.64. The first kappa shape index (κ1) is 7.73. The van der Waals surface area contributed by atoms with E-state index in [9.17, 15) is 10.2 Å². The molecule has 2 rings (SSSR count). The summed E-state index contributed by atoms with van der Waals surface area (Å²) < 4.78 is 0. The van der Waals surface area contributed by atoms with Gasteiger partial charge < -0.3 is 15.2 Å². The van der Waals surface area contributed by atoms with Crippen LogP contribution in [-0.2, 0) is 0 Å². The second-order valence-electron chi connectivity index (χ2n) is 2.76. The highest BCUT2D eigenvalue weighted by Crippen LogP contribution is 2.35. The van der Waals surface area contributed by atoms with E-state index >= 15 is 0 Å². The van der Waals surface area contributed by atoms with Crippen molar-refractivity contribution in [2.75, 3.05) is 0 Å². The molecular weight excluding hydrogens is 166 g/mol. The van der Waals surface area contributed by atoms with Crippen LogP contribution in [0, 0.1) is 0 Å². The van der Waals surface area contributed by atoms with Crippen LogP contribution in [-0.4, -0.2) is 15.2 Å². The Labute approximate surface area is 75.3 Å². The largest absolute Gasteiger partial charge is 0.507 e. The lowest BCUT2D eigenvalue weighted by molar-refractivity contribution is 0.454. The molecule has 0 unspecified atom stereocenters. The normalized spacial score (nSPS) is 10.2. The molecular formula is C10H9NO2. The molecule has 0 aliphatic rings. The zero-order valence-corrected chi connectivity index (χ0v) is 6.86. The third-order valence-corrected chi connectivity index (χ3v) is 1.89. The fourth-order valence-corrected chi connectivity index (χ4v) is 1.29. The third-order valence-electron chi connectivity index (χ3n) is 1.89. The van der Waals surface area contributed by atoms with Crippen molar-refractivity contribution in [1.29, 1.82) is 0 Å². The molecule has 2 aromatic rings. The fraction of sp³-hybridized carbons (Fsp3) is 0. The summed E-state index contributed by atoms with van der Waals surface area (Å²) in [5.74, 6) is 0.143. The topological polar surface area (TPSA) is 56.2 Å². The number of aromatic amines is 1. The van der Waals surface area contributed by atoms with Crippen molar-refractivity contribution in [3.8, 4) is 22.8 Å². The Morgan fingerprint density at radius 1 is 0.923 bits per heavy atom. The molecule has 3 N–H and O–H groups in total. The maximum absolute atomic E-state index is 9.48. The molecule has 0 bridgehead atoms. The van der Waals surface area contributed by atoms with Crippen LogP contribution in [0.2, 0.25) is 0 Å². The lowest BCUT2D eigenvalue weighted by Gasteiger charge is -2.03. The highest BCUT2D eigenvalue weighted by atomic mass is 16.3. The molecule has 13 heavy (non-hydrogen) atoms. The Bertz CT molecular complexity index is 387. The van der Waals surface area contributed by atoms with Crippen LogP contribution in [0.3, 0.4) is 0 Å². The highest BCUT2D eigenvalue weighted by Gasteiger charge is 2.08. The zero-order chi connectivity index (χ0) is 9.26. The van der Waals surface area contributed by atoms with Crippen molar-refractivity contribution in [3.05, 3.63) is 36.5 Å². The first-order chi connectivity index (χ1) is 6.29. The molecule has 0 fully saturated rings. The molecule has 66 valence electrons. The molecule has 0 spiro atoms. The van der Waals surface area contributed by atoms with E-state index in [0.29, 0.717) is 11.3 Å². The molecule has 0 saturated heterocycles. The number of hydrogen-bond donors (Lipinski definition) is 3. The first-order valence-electron chi connectivity index (χ1n) is 3.94. The smallest absolute Gasteiger partial charge is 0.128 e. The van der Waals surface area contributed by atoms with Gasteiger partial charge in [0, 0.05) is 6.20 Å². The highest BCUT2D eigenvalue weighted by molar-refractivity contribution is 5.73. The minimum absolute atomic E-state index is 0.0717. The lowest BCUT2D eigenvalue weighted by atomic mass is 10.1. The predicted molar refractivity (Wildman–Crippen MR) is 49.6 cm³/mol. The Kier molecular flexibility index (Phi) is 1.70. The summed E-state index contributed by atoms with van der Waals surface area (Å²) in [6.07, 6.45) is 1.74. The molecule has 1 aromatic carbocycles. The Morgan fingerprint density at radius 2 is 1.62 bits per heavy atom. The van der Waals surface area contributed by atoms with Crippen LogP contribution in [0.15, 0.2) is 36.5 Å². The molecule has 0 aliphatic carbocycles. The number of phenols is 2. The second kappa shape index (κ2) is 2.86. The van der Waals surface area contributed by atoms with Gasteiger partial charge in [0.25, 0.3) is 0 Å². The van der Waals surface area contributed by atoms with E-state index < -0.39 is 0 Å². The molecule has 1 aromatic heterocycles. The van der Waals surface area contributed by atoms with Crippen LogP contribution in [0.5, 0.6) is 11.5 Å². The van der Waals surface area contributed by atoms with Gasteiger partial charge in [-0.2, -0.15) is 0 Å². The SMILES string of the molecule is Oc1cccc(O)c1-c1ccc[nH]1. The van der Waals surface area contributed by atoms with E-state index in [1.165, 1.54) is 12.1 Å². The maximum atomic E-state index is 9.48. The van der Waals surface area contributed by atoms with Crippen molar-refractivity contribution >= 4 is 0 Å². The molecule has 0 aliphatic heterocycles. The van der Waals surface area contributed by atoms with Crippen LogP contribution in [0.25, 0.3) is 11.3 Å². The van der Waals surface area contributed by atoms with Gasteiger partial charge in [0.1, 0.15) is 11.5 Å². The molecule has 0 atom stereocenters. The van der Waals surface area contributed by atoms with Crippen molar-refractivity contribution in [2.45, 2.75) is 0 Å². The van der Waals surface area contributed by atoms with Crippen LogP contribution in [0.4, 0.5) is 0 Å². The fourth-order valence-electron chi connectivity index (χ4n) is 1.29. The van der Waals surface area contributed by atoms with Gasteiger partial charge in [0.05, 0.1) is 11.3 Å². The van der Waals surface area contributed by atoms with Crippen molar-refractivity contribution < 1.29 is 10.2 Å². The van der Waals surface area contributed by atoms with Gasteiger partial charge >= 0.3 is 0 Å². The maximum Gasteiger partial charge on any atom is 0.128 e. The summed E-state index contributed by atoms with van der Waals surface area (Å²) >= 11 is 0. The lowest BCUT2D eigenvalue weighted by Crippen LogP contribution is -1.79. The van der Waals surface area contributed by atoms with Gasteiger partial charge in [-0.05, 0) is 24.3 Å². The van der Waals surface area contributed by atoms with Gasteiger partial charge in [-0.3, -0.25) is 0 Å². The van der Waals surface area contributed by atoms with Gasteiger partial charge in [0.2, 0.25) is 0 Å². The van der Waals surface area contributed by atoms with E-state index in [2.05, 4.69) is 4.98 Å². The van der Waals surface area contributed by atoms with Crippen molar-refractivity contribution in [3.63, 3.8) is 0 Å². The van der Waals surface area contributed by atoms with E-state index in [0.717, 1.165) is 0 Å². The second-order valence-corrected chi connectivity index (χ2v) is 2.76. The van der Waals surface area contributed by atoms with E-state index in [-0.39, 0.29) is 11.5 Å². The summed E-state index contributed by atoms with van der Waals surface area (Å²) in [5, 5.41) is 19.0. The summed E-state index contributed by atoms with van der Waals surface area (Å²) in [6, 6.07) is 8.26. The summed E-state index contributed by atoms with van der Waals surface area (Å²) in [7, 11) is 0. The molecule has 0 saturated carbocycles. The number of phenolic OH excluding ortho intramolecular Hbond substituents is 2. The molecule has 3 heteroatoms. The number of hydrogen-bond acceptors (Lipinski definition) is 2. The minimum Gasteiger partial charge on any atom is -0.507 e. The van der Waals surface area contributed by atoms with E-state index in [1.807, 2.05) is 0 Å². The van der Waals surface area contributed by atoms with Gasteiger partial charge in [-0.25, -0.2) is 0 Å². The molecule has 0 radical (unpaired) electrons. The van der Waals surface area contributed by atoms with Crippen LogP contribution < -0.4 is 0 Å². The summed E-state index contributed by atoms with van der Waals surface area (Å²) in [4.78, 5) is 2.92. The molecule has 1 heterocycles. The van der Waals surface area contributed by atoms with Gasteiger partial charge in [-0.15, -0.1) is 0 Å². The molecule has 0 amide bonds. The average molecular weight is 175 g/mol.